The number of esters is 1. The summed E-state index contributed by atoms with van der Waals surface area (Å²) in [6.45, 7) is 7.37. The average molecular weight is 256 g/mol. The van der Waals surface area contributed by atoms with Crippen LogP contribution in [0.3, 0.4) is 0 Å². The first-order valence-corrected chi connectivity index (χ1v) is 6.66. The molecule has 1 heterocycles. The van der Waals surface area contributed by atoms with Gasteiger partial charge in [0, 0.05) is 25.7 Å². The molecule has 0 N–H and O–H groups in total. The summed E-state index contributed by atoms with van der Waals surface area (Å²) >= 11 is 0. The second kappa shape index (κ2) is 7.48. The quantitative estimate of drug-likeness (QED) is 0.513. The SMILES string of the molecule is CCOC(=O)CC(=O)CN1CCN(C)C(CC)C1. The minimum absolute atomic E-state index is 0.0483. The van der Waals surface area contributed by atoms with Crippen LogP contribution in [0.5, 0.6) is 0 Å². The molecule has 1 saturated heterocycles. The molecule has 0 bridgehead atoms. The van der Waals surface area contributed by atoms with Crippen LogP contribution in [0.2, 0.25) is 0 Å². The van der Waals surface area contributed by atoms with Crippen molar-refractivity contribution < 1.29 is 14.3 Å². The van der Waals surface area contributed by atoms with Crippen LogP contribution >= 0.6 is 0 Å². The molecule has 0 aromatic rings. The minimum atomic E-state index is -0.413. The molecule has 1 fully saturated rings. The Morgan fingerprint density at radius 3 is 2.61 bits per heavy atom. The highest BCUT2D eigenvalue weighted by atomic mass is 16.5. The van der Waals surface area contributed by atoms with E-state index in [0.717, 1.165) is 26.1 Å². The van der Waals surface area contributed by atoms with Gasteiger partial charge in [0.05, 0.1) is 13.2 Å². The number of ketones is 1. The lowest BCUT2D eigenvalue weighted by atomic mass is 10.1. The molecule has 0 aliphatic carbocycles. The molecule has 5 heteroatoms. The number of piperazine rings is 1. The predicted molar refractivity (Wildman–Crippen MR) is 69.4 cm³/mol. The molecule has 0 aromatic carbocycles. The fourth-order valence-corrected chi connectivity index (χ4v) is 2.27. The van der Waals surface area contributed by atoms with E-state index in [1.165, 1.54) is 0 Å². The van der Waals surface area contributed by atoms with Crippen molar-refractivity contribution in [3.63, 3.8) is 0 Å². The second-order valence-electron chi connectivity index (χ2n) is 4.80. The average Bonchev–Trinajstić information content (AvgIpc) is 2.31. The van der Waals surface area contributed by atoms with Crippen LogP contribution in [0, 0.1) is 0 Å². The molecule has 5 nitrogen and oxygen atoms in total. The molecule has 0 radical (unpaired) electrons. The van der Waals surface area contributed by atoms with Gasteiger partial charge in [0.25, 0.3) is 0 Å². The summed E-state index contributed by atoms with van der Waals surface area (Å²) in [6, 6.07) is 0.508. The van der Waals surface area contributed by atoms with Crippen LogP contribution < -0.4 is 0 Å². The predicted octanol–water partition coefficient (Wildman–Crippen LogP) is 0.535. The van der Waals surface area contributed by atoms with Crippen molar-refractivity contribution in [2.45, 2.75) is 32.7 Å². The highest BCUT2D eigenvalue weighted by molar-refractivity contribution is 5.96. The van der Waals surface area contributed by atoms with Crippen molar-refractivity contribution in [3.8, 4) is 0 Å². The van der Waals surface area contributed by atoms with E-state index in [9.17, 15) is 9.59 Å². The molecular formula is C13H24N2O3. The molecule has 0 saturated carbocycles. The van der Waals surface area contributed by atoms with Gasteiger partial charge in [-0.15, -0.1) is 0 Å². The van der Waals surface area contributed by atoms with Gasteiger partial charge >= 0.3 is 5.97 Å². The maximum atomic E-state index is 11.7. The van der Waals surface area contributed by atoms with E-state index in [1.54, 1.807) is 6.92 Å². The minimum Gasteiger partial charge on any atom is -0.466 e. The van der Waals surface area contributed by atoms with E-state index in [4.69, 9.17) is 4.74 Å². The molecule has 1 atom stereocenters. The second-order valence-corrected chi connectivity index (χ2v) is 4.80. The first kappa shape index (κ1) is 15.1. The lowest BCUT2D eigenvalue weighted by Crippen LogP contribution is -2.52. The number of nitrogens with zero attached hydrogens (tertiary/aromatic N) is 2. The summed E-state index contributed by atoms with van der Waals surface area (Å²) in [5.74, 6) is -0.462. The Balaban J connectivity index is 2.34. The monoisotopic (exact) mass is 256 g/mol. The van der Waals surface area contributed by atoms with E-state index >= 15 is 0 Å². The zero-order valence-electron chi connectivity index (χ0n) is 11.6. The molecule has 1 aliphatic rings. The topological polar surface area (TPSA) is 49.9 Å². The lowest BCUT2D eigenvalue weighted by Gasteiger charge is -2.38. The highest BCUT2D eigenvalue weighted by Crippen LogP contribution is 2.10. The van der Waals surface area contributed by atoms with Crippen LogP contribution in [0.15, 0.2) is 0 Å². The van der Waals surface area contributed by atoms with E-state index in [-0.39, 0.29) is 12.2 Å². The van der Waals surface area contributed by atoms with Gasteiger partial charge in [0.1, 0.15) is 6.42 Å². The summed E-state index contributed by atoms with van der Waals surface area (Å²) in [7, 11) is 2.12. The standard InChI is InChI=1S/C13H24N2O3/c1-4-11-9-15(7-6-14(11)3)10-12(16)8-13(17)18-5-2/h11H,4-10H2,1-3H3. The van der Waals surface area contributed by atoms with Crippen molar-refractivity contribution in [1.82, 2.24) is 9.80 Å². The van der Waals surface area contributed by atoms with E-state index in [0.29, 0.717) is 19.2 Å². The van der Waals surface area contributed by atoms with Crippen LogP contribution in [0.1, 0.15) is 26.7 Å². The van der Waals surface area contributed by atoms with Crippen LogP contribution in [0.25, 0.3) is 0 Å². The largest absolute Gasteiger partial charge is 0.466 e. The highest BCUT2D eigenvalue weighted by Gasteiger charge is 2.24. The summed E-state index contributed by atoms with van der Waals surface area (Å²) in [5, 5.41) is 0. The normalized spacial score (nSPS) is 21.8. The smallest absolute Gasteiger partial charge is 0.313 e. The van der Waals surface area contributed by atoms with Gasteiger partial charge in [-0.3, -0.25) is 14.5 Å². The number of carbonyl (C=O) groups is 2. The van der Waals surface area contributed by atoms with Crippen LogP contribution in [-0.2, 0) is 14.3 Å². The number of hydrogen-bond acceptors (Lipinski definition) is 5. The number of hydrogen-bond donors (Lipinski definition) is 0. The molecule has 0 amide bonds. The molecule has 1 unspecified atom stereocenters. The van der Waals surface area contributed by atoms with Gasteiger partial charge in [0.15, 0.2) is 5.78 Å². The Bertz CT molecular complexity index is 294. The maximum Gasteiger partial charge on any atom is 0.313 e. The van der Waals surface area contributed by atoms with Gasteiger partial charge in [-0.05, 0) is 20.4 Å². The summed E-state index contributed by atoms with van der Waals surface area (Å²) in [4.78, 5) is 27.4. The molecule has 104 valence electrons. The van der Waals surface area contributed by atoms with Gasteiger partial charge in [-0.25, -0.2) is 0 Å². The summed E-state index contributed by atoms with van der Waals surface area (Å²) < 4.78 is 4.77. The van der Waals surface area contributed by atoms with Crippen molar-refractivity contribution in [3.05, 3.63) is 0 Å². The van der Waals surface area contributed by atoms with Gasteiger partial charge in [-0.1, -0.05) is 6.92 Å². The summed E-state index contributed by atoms with van der Waals surface area (Å²) in [5.41, 5.74) is 0. The Labute approximate surface area is 109 Å². The maximum absolute atomic E-state index is 11.7. The van der Waals surface area contributed by atoms with Crippen molar-refractivity contribution in [2.24, 2.45) is 0 Å². The number of rotatable bonds is 6. The van der Waals surface area contributed by atoms with Gasteiger partial charge in [-0.2, -0.15) is 0 Å². The molecule has 1 aliphatic heterocycles. The van der Waals surface area contributed by atoms with Gasteiger partial charge < -0.3 is 9.64 Å². The number of carbonyl (C=O) groups excluding carboxylic acids is 2. The van der Waals surface area contributed by atoms with Crippen molar-refractivity contribution in [2.75, 3.05) is 39.8 Å². The summed E-state index contributed by atoms with van der Waals surface area (Å²) in [6.07, 6.45) is 0.982. The Kier molecular flexibility index (Phi) is 6.29. The van der Waals surface area contributed by atoms with Crippen LogP contribution in [0.4, 0.5) is 0 Å². The zero-order chi connectivity index (χ0) is 13.5. The Morgan fingerprint density at radius 1 is 1.28 bits per heavy atom. The third kappa shape index (κ3) is 4.74. The molecule has 1 rings (SSSR count). The molecular weight excluding hydrogens is 232 g/mol. The van der Waals surface area contributed by atoms with E-state index in [1.807, 2.05) is 0 Å². The number of likely N-dealkylation sites (N-methyl/N-ethyl adjacent to an activating group) is 1. The number of ether oxygens (including phenoxy) is 1. The molecule has 0 spiro atoms. The Hall–Kier alpha value is -0.940. The zero-order valence-corrected chi connectivity index (χ0v) is 11.6. The van der Waals surface area contributed by atoms with Gasteiger partial charge in [0.2, 0.25) is 0 Å². The third-order valence-electron chi connectivity index (χ3n) is 3.38. The number of Topliss-reactive ketones (excluding diaryl/α,β-unsaturated/α-hetero) is 1. The third-order valence-corrected chi connectivity index (χ3v) is 3.38. The van der Waals surface area contributed by atoms with Crippen LogP contribution in [-0.4, -0.2) is 67.4 Å². The van der Waals surface area contributed by atoms with E-state index in [2.05, 4.69) is 23.8 Å². The Morgan fingerprint density at radius 2 is 2.00 bits per heavy atom. The first-order chi connectivity index (χ1) is 8.56. The van der Waals surface area contributed by atoms with E-state index < -0.39 is 5.97 Å². The lowest BCUT2D eigenvalue weighted by molar-refractivity contribution is -0.145. The fourth-order valence-electron chi connectivity index (χ4n) is 2.27. The molecule has 0 aromatic heterocycles. The van der Waals surface area contributed by atoms with Crippen molar-refractivity contribution in [1.29, 1.82) is 0 Å². The molecule has 18 heavy (non-hydrogen) atoms. The first-order valence-electron chi connectivity index (χ1n) is 6.66. The fraction of sp³-hybridized carbons (Fsp3) is 0.846. The van der Waals surface area contributed by atoms with Crippen molar-refractivity contribution >= 4 is 11.8 Å².